The maximum Gasteiger partial charge on any atom is 0.144 e. The molecule has 0 bridgehead atoms. The highest BCUT2D eigenvalue weighted by Crippen LogP contribution is 2.22. The van der Waals surface area contributed by atoms with Crippen LogP contribution < -0.4 is 10.5 Å². The standard InChI is InChI=1S/C12H15N3O/c13-8-10-7-12(4-5-15-10)16-11-3-1-2-9(14)6-11/h4-5,7,9,11H,1-3,6,14H2. The third-order valence-electron chi connectivity index (χ3n) is 2.82. The average molecular weight is 217 g/mol. The molecule has 0 aliphatic heterocycles. The van der Waals surface area contributed by atoms with Gasteiger partial charge in [-0.2, -0.15) is 5.26 Å². The minimum absolute atomic E-state index is 0.178. The summed E-state index contributed by atoms with van der Waals surface area (Å²) in [5.74, 6) is 0.714. The molecule has 4 heteroatoms. The first-order chi connectivity index (χ1) is 7.78. The summed E-state index contributed by atoms with van der Waals surface area (Å²) >= 11 is 0. The molecule has 0 radical (unpaired) electrons. The smallest absolute Gasteiger partial charge is 0.144 e. The van der Waals surface area contributed by atoms with Crippen LogP contribution in [-0.2, 0) is 0 Å². The quantitative estimate of drug-likeness (QED) is 0.816. The van der Waals surface area contributed by atoms with Crippen LogP contribution >= 0.6 is 0 Å². The minimum atomic E-state index is 0.178. The number of aromatic nitrogens is 1. The van der Waals surface area contributed by atoms with Crippen LogP contribution in [0.4, 0.5) is 0 Å². The molecule has 2 atom stereocenters. The predicted molar refractivity (Wildman–Crippen MR) is 59.8 cm³/mol. The van der Waals surface area contributed by atoms with Gasteiger partial charge in [-0.05, 0) is 31.7 Å². The number of pyridine rings is 1. The van der Waals surface area contributed by atoms with E-state index in [2.05, 4.69) is 4.98 Å². The first-order valence-electron chi connectivity index (χ1n) is 5.56. The highest BCUT2D eigenvalue weighted by atomic mass is 16.5. The fraction of sp³-hybridized carbons (Fsp3) is 0.500. The highest BCUT2D eigenvalue weighted by molar-refractivity contribution is 5.29. The molecule has 1 saturated carbocycles. The molecular weight excluding hydrogens is 202 g/mol. The topological polar surface area (TPSA) is 71.9 Å². The normalized spacial score (nSPS) is 24.8. The van der Waals surface area contributed by atoms with Gasteiger partial charge < -0.3 is 10.5 Å². The summed E-state index contributed by atoms with van der Waals surface area (Å²) in [6.07, 6.45) is 5.90. The van der Waals surface area contributed by atoms with Crippen molar-refractivity contribution >= 4 is 0 Å². The van der Waals surface area contributed by atoms with E-state index in [9.17, 15) is 0 Å². The predicted octanol–water partition coefficient (Wildman–Crippen LogP) is 1.60. The highest BCUT2D eigenvalue weighted by Gasteiger charge is 2.20. The third kappa shape index (κ3) is 2.71. The summed E-state index contributed by atoms with van der Waals surface area (Å²) in [4.78, 5) is 3.90. The molecule has 1 aromatic rings. The molecule has 2 N–H and O–H groups in total. The molecule has 84 valence electrons. The SMILES string of the molecule is N#Cc1cc(OC2CCCC(N)C2)ccn1. The number of rotatable bonds is 2. The van der Waals surface area contributed by atoms with Crippen molar-refractivity contribution in [3.8, 4) is 11.8 Å². The molecule has 1 fully saturated rings. The van der Waals surface area contributed by atoms with Crippen molar-refractivity contribution in [1.82, 2.24) is 4.98 Å². The van der Waals surface area contributed by atoms with Gasteiger partial charge >= 0.3 is 0 Å². The van der Waals surface area contributed by atoms with Crippen molar-refractivity contribution in [2.75, 3.05) is 0 Å². The van der Waals surface area contributed by atoms with Gasteiger partial charge in [0.15, 0.2) is 0 Å². The number of nitriles is 1. The summed E-state index contributed by atoms with van der Waals surface area (Å²) in [6.45, 7) is 0. The molecule has 1 aliphatic rings. The van der Waals surface area contributed by atoms with Crippen LogP contribution in [0, 0.1) is 11.3 Å². The fourth-order valence-electron chi connectivity index (χ4n) is 2.03. The lowest BCUT2D eigenvalue weighted by Gasteiger charge is -2.27. The van der Waals surface area contributed by atoms with Gasteiger partial charge in [0, 0.05) is 18.3 Å². The summed E-state index contributed by atoms with van der Waals surface area (Å²) in [5.41, 5.74) is 6.28. The van der Waals surface area contributed by atoms with Gasteiger partial charge in [0.05, 0.1) is 0 Å². The van der Waals surface area contributed by atoms with Crippen LogP contribution in [0.5, 0.6) is 5.75 Å². The minimum Gasteiger partial charge on any atom is -0.490 e. The van der Waals surface area contributed by atoms with Crippen molar-refractivity contribution in [1.29, 1.82) is 5.26 Å². The van der Waals surface area contributed by atoms with Gasteiger partial charge in [0.25, 0.3) is 0 Å². The van der Waals surface area contributed by atoms with E-state index in [1.165, 1.54) is 0 Å². The second kappa shape index (κ2) is 4.95. The van der Waals surface area contributed by atoms with Crippen LogP contribution in [0.2, 0.25) is 0 Å². The van der Waals surface area contributed by atoms with Gasteiger partial charge in [-0.3, -0.25) is 0 Å². The maximum absolute atomic E-state index is 8.72. The number of nitrogens with two attached hydrogens (primary N) is 1. The van der Waals surface area contributed by atoms with E-state index in [0.29, 0.717) is 11.4 Å². The largest absolute Gasteiger partial charge is 0.490 e. The summed E-state index contributed by atoms with van der Waals surface area (Å²) in [7, 11) is 0. The average Bonchev–Trinajstić information content (AvgIpc) is 2.29. The molecule has 0 aromatic carbocycles. The first kappa shape index (κ1) is 10.9. The second-order valence-electron chi connectivity index (χ2n) is 4.16. The molecule has 0 saturated heterocycles. The molecule has 16 heavy (non-hydrogen) atoms. The van der Waals surface area contributed by atoms with Crippen molar-refractivity contribution in [2.24, 2.45) is 5.73 Å². The number of nitrogens with zero attached hydrogens (tertiary/aromatic N) is 2. The zero-order chi connectivity index (χ0) is 11.4. The van der Waals surface area contributed by atoms with E-state index in [0.717, 1.165) is 25.7 Å². The Kier molecular flexibility index (Phi) is 3.37. The Morgan fingerprint density at radius 3 is 3.12 bits per heavy atom. The van der Waals surface area contributed by atoms with Gasteiger partial charge in [0.2, 0.25) is 0 Å². The summed E-state index contributed by atoms with van der Waals surface area (Å²) < 4.78 is 5.80. The van der Waals surface area contributed by atoms with Crippen LogP contribution in [0.25, 0.3) is 0 Å². The zero-order valence-corrected chi connectivity index (χ0v) is 9.10. The first-order valence-corrected chi connectivity index (χ1v) is 5.56. The Morgan fingerprint density at radius 1 is 1.50 bits per heavy atom. The van der Waals surface area contributed by atoms with E-state index >= 15 is 0 Å². The summed E-state index contributed by atoms with van der Waals surface area (Å²) in [6, 6.07) is 5.69. The van der Waals surface area contributed by atoms with Gasteiger partial charge in [-0.15, -0.1) is 0 Å². The van der Waals surface area contributed by atoms with Gasteiger partial charge in [-0.25, -0.2) is 4.98 Å². The maximum atomic E-state index is 8.72. The van der Waals surface area contributed by atoms with E-state index in [1.807, 2.05) is 6.07 Å². The molecule has 2 rings (SSSR count). The Bertz CT molecular complexity index is 399. The van der Waals surface area contributed by atoms with Crippen LogP contribution in [0.3, 0.4) is 0 Å². The molecule has 0 spiro atoms. The second-order valence-corrected chi connectivity index (χ2v) is 4.16. The van der Waals surface area contributed by atoms with Crippen molar-refractivity contribution < 1.29 is 4.74 Å². The molecule has 1 heterocycles. The number of ether oxygens (including phenoxy) is 1. The Labute approximate surface area is 95.0 Å². The molecular formula is C12H15N3O. The van der Waals surface area contributed by atoms with E-state index in [4.69, 9.17) is 15.7 Å². The lowest BCUT2D eigenvalue weighted by atomic mass is 9.93. The summed E-state index contributed by atoms with van der Waals surface area (Å²) in [5, 5.41) is 8.72. The molecule has 1 aliphatic carbocycles. The molecule has 4 nitrogen and oxygen atoms in total. The Balaban J connectivity index is 2.00. The van der Waals surface area contributed by atoms with Crippen molar-refractivity contribution in [3.63, 3.8) is 0 Å². The van der Waals surface area contributed by atoms with E-state index in [1.54, 1.807) is 18.3 Å². The van der Waals surface area contributed by atoms with E-state index < -0.39 is 0 Å². The molecule has 1 aromatic heterocycles. The van der Waals surface area contributed by atoms with Gasteiger partial charge in [-0.1, -0.05) is 0 Å². The van der Waals surface area contributed by atoms with Crippen LogP contribution in [-0.4, -0.2) is 17.1 Å². The lowest BCUT2D eigenvalue weighted by Crippen LogP contribution is -2.33. The fourth-order valence-corrected chi connectivity index (χ4v) is 2.03. The Hall–Kier alpha value is -1.60. The third-order valence-corrected chi connectivity index (χ3v) is 2.82. The van der Waals surface area contributed by atoms with Crippen molar-refractivity contribution in [3.05, 3.63) is 24.0 Å². The number of hydrogen-bond acceptors (Lipinski definition) is 4. The lowest BCUT2D eigenvalue weighted by molar-refractivity contribution is 0.144. The zero-order valence-electron chi connectivity index (χ0n) is 9.10. The molecule has 2 unspecified atom stereocenters. The van der Waals surface area contributed by atoms with Crippen molar-refractivity contribution in [2.45, 2.75) is 37.8 Å². The van der Waals surface area contributed by atoms with Crippen LogP contribution in [0.15, 0.2) is 18.3 Å². The molecule has 0 amide bonds. The Morgan fingerprint density at radius 2 is 2.38 bits per heavy atom. The number of hydrogen-bond donors (Lipinski definition) is 1. The van der Waals surface area contributed by atoms with E-state index in [-0.39, 0.29) is 12.1 Å². The van der Waals surface area contributed by atoms with Crippen LogP contribution in [0.1, 0.15) is 31.4 Å². The van der Waals surface area contributed by atoms with Gasteiger partial charge in [0.1, 0.15) is 23.6 Å². The monoisotopic (exact) mass is 217 g/mol.